The molecule has 0 fully saturated rings. The van der Waals surface area contributed by atoms with Crippen LogP contribution in [0.25, 0.3) is 11.4 Å². The van der Waals surface area contributed by atoms with Gasteiger partial charge in [0.1, 0.15) is 6.54 Å². The topological polar surface area (TPSA) is 141 Å². The van der Waals surface area contributed by atoms with E-state index in [0.29, 0.717) is 17.0 Å². The molecule has 0 saturated heterocycles. The van der Waals surface area contributed by atoms with Gasteiger partial charge in [0.2, 0.25) is 15.8 Å². The van der Waals surface area contributed by atoms with Gasteiger partial charge in [0, 0.05) is 23.5 Å². The number of nitrogens with zero attached hydrogens (tertiary/aromatic N) is 3. The van der Waals surface area contributed by atoms with E-state index in [4.69, 9.17) is 9.26 Å². The third-order valence-electron chi connectivity index (χ3n) is 3.72. The van der Waals surface area contributed by atoms with Crippen molar-refractivity contribution in [1.82, 2.24) is 19.8 Å². The van der Waals surface area contributed by atoms with Crippen molar-refractivity contribution < 1.29 is 27.3 Å². The number of carbonyl (C=O) groups excluding carboxylic acids is 2. The second kappa shape index (κ2) is 8.71. The molecule has 1 aromatic carbocycles. The number of pyridine rings is 1. The first kappa shape index (κ1) is 20.3. The molecule has 0 spiro atoms. The van der Waals surface area contributed by atoms with Crippen LogP contribution >= 0.6 is 0 Å². The van der Waals surface area contributed by atoms with Crippen LogP contribution in [0.5, 0.6) is 0 Å². The Bertz CT molecular complexity index is 1110. The van der Waals surface area contributed by atoms with Gasteiger partial charge in [-0.05, 0) is 31.2 Å². The average molecular weight is 416 g/mol. The molecule has 10 nitrogen and oxygen atoms in total. The first-order valence-corrected chi connectivity index (χ1v) is 9.83. The molecule has 0 aliphatic carbocycles. The molecule has 2 heterocycles. The van der Waals surface area contributed by atoms with Crippen LogP contribution in [0.15, 0.2) is 58.2 Å². The molecule has 0 radical (unpaired) electrons. The van der Waals surface area contributed by atoms with E-state index in [1.54, 1.807) is 24.5 Å². The number of ketones is 1. The zero-order valence-electron chi connectivity index (χ0n) is 15.2. The van der Waals surface area contributed by atoms with Gasteiger partial charge in [-0.1, -0.05) is 17.3 Å². The maximum Gasteiger partial charge on any atom is 0.321 e. The highest BCUT2D eigenvalue weighted by Crippen LogP contribution is 2.14. The van der Waals surface area contributed by atoms with Crippen LogP contribution in [0.1, 0.15) is 23.2 Å². The van der Waals surface area contributed by atoms with Crippen LogP contribution in [-0.4, -0.2) is 41.8 Å². The summed E-state index contributed by atoms with van der Waals surface area (Å²) >= 11 is 0. The number of hydrogen-bond acceptors (Lipinski definition) is 9. The molecule has 3 rings (SSSR count). The van der Waals surface area contributed by atoms with Crippen molar-refractivity contribution in [2.45, 2.75) is 18.4 Å². The highest BCUT2D eigenvalue weighted by Gasteiger charge is 2.17. The number of carbonyl (C=O) groups is 2. The summed E-state index contributed by atoms with van der Waals surface area (Å²) in [6, 6.07) is 8.80. The minimum absolute atomic E-state index is 0.0554. The van der Waals surface area contributed by atoms with Crippen molar-refractivity contribution in [3.8, 4) is 11.4 Å². The number of benzene rings is 1. The third kappa shape index (κ3) is 5.30. The van der Waals surface area contributed by atoms with Crippen LogP contribution in [0.2, 0.25) is 0 Å². The van der Waals surface area contributed by atoms with E-state index >= 15 is 0 Å². The molecule has 0 aliphatic rings. The van der Waals surface area contributed by atoms with Crippen molar-refractivity contribution in [1.29, 1.82) is 0 Å². The number of rotatable bonds is 8. The minimum Gasteiger partial charge on any atom is -0.455 e. The summed E-state index contributed by atoms with van der Waals surface area (Å²) in [5.41, 5.74) is 1.02. The van der Waals surface area contributed by atoms with E-state index < -0.39 is 22.5 Å². The molecule has 150 valence electrons. The van der Waals surface area contributed by atoms with Gasteiger partial charge in [0.25, 0.3) is 5.89 Å². The lowest BCUT2D eigenvalue weighted by molar-refractivity contribution is -0.144. The minimum atomic E-state index is -3.93. The molecule has 29 heavy (non-hydrogen) atoms. The van der Waals surface area contributed by atoms with Crippen molar-refractivity contribution in [3.05, 3.63) is 60.2 Å². The third-order valence-corrected chi connectivity index (χ3v) is 5.14. The molecule has 0 amide bonds. The van der Waals surface area contributed by atoms with Gasteiger partial charge < -0.3 is 9.26 Å². The predicted molar refractivity (Wildman–Crippen MR) is 99.0 cm³/mol. The highest BCUT2D eigenvalue weighted by atomic mass is 32.2. The summed E-state index contributed by atoms with van der Waals surface area (Å²) in [6.45, 7) is 0.488. The van der Waals surface area contributed by atoms with Crippen molar-refractivity contribution in [2.24, 2.45) is 0 Å². The summed E-state index contributed by atoms with van der Waals surface area (Å²) in [6.07, 6.45) is 3.16. The van der Waals surface area contributed by atoms with Crippen LogP contribution in [-0.2, 0) is 26.2 Å². The predicted octanol–water partition coefficient (Wildman–Crippen LogP) is 1.36. The number of nitrogens with one attached hydrogen (secondary N) is 1. The Labute approximate surface area is 166 Å². The average Bonchev–Trinajstić information content (AvgIpc) is 3.20. The maximum absolute atomic E-state index is 12.2. The van der Waals surface area contributed by atoms with Crippen molar-refractivity contribution in [3.63, 3.8) is 0 Å². The summed E-state index contributed by atoms with van der Waals surface area (Å²) in [5, 5.41) is 3.76. The van der Waals surface area contributed by atoms with Crippen LogP contribution in [0, 0.1) is 0 Å². The Morgan fingerprint density at radius 1 is 1.17 bits per heavy atom. The van der Waals surface area contributed by atoms with Gasteiger partial charge in [0.15, 0.2) is 12.4 Å². The SMILES string of the molecule is CC(=O)c1ccc(S(=O)(=O)NCC(=O)OCc2nc(-c3cccnc3)no2)cc1. The number of sulfonamides is 1. The first-order valence-electron chi connectivity index (χ1n) is 8.34. The van der Waals surface area contributed by atoms with Gasteiger partial charge >= 0.3 is 5.97 Å². The van der Waals surface area contributed by atoms with Crippen LogP contribution in [0.3, 0.4) is 0 Å². The molecule has 1 N–H and O–H groups in total. The van der Waals surface area contributed by atoms with E-state index in [2.05, 4.69) is 19.8 Å². The molecule has 0 unspecified atom stereocenters. The summed E-state index contributed by atoms with van der Waals surface area (Å²) in [7, 11) is -3.93. The Balaban J connectivity index is 1.52. The molecule has 0 atom stereocenters. The fraction of sp³-hybridized carbons (Fsp3) is 0.167. The molecule has 0 aliphatic heterocycles. The van der Waals surface area contributed by atoms with Crippen molar-refractivity contribution in [2.75, 3.05) is 6.54 Å². The highest BCUT2D eigenvalue weighted by molar-refractivity contribution is 7.89. The van der Waals surface area contributed by atoms with E-state index in [1.807, 2.05) is 0 Å². The monoisotopic (exact) mass is 416 g/mol. The van der Waals surface area contributed by atoms with Gasteiger partial charge in [-0.25, -0.2) is 8.42 Å². The fourth-order valence-corrected chi connectivity index (χ4v) is 3.19. The molecular formula is C18H16N4O6S. The smallest absolute Gasteiger partial charge is 0.321 e. The van der Waals surface area contributed by atoms with Crippen LogP contribution < -0.4 is 4.72 Å². The molecule has 0 bridgehead atoms. The molecule has 2 aromatic heterocycles. The Hall–Kier alpha value is -3.44. The second-order valence-corrected chi connectivity index (χ2v) is 7.59. The molecule has 11 heteroatoms. The number of Topliss-reactive ketones (excluding diaryl/α,β-unsaturated/α-hetero) is 1. The molecule has 0 saturated carbocycles. The number of ether oxygens (including phenoxy) is 1. The van der Waals surface area contributed by atoms with Gasteiger partial charge in [-0.3, -0.25) is 14.6 Å². The molecule has 3 aromatic rings. The molecular weight excluding hydrogens is 400 g/mol. The Morgan fingerprint density at radius 3 is 2.59 bits per heavy atom. The number of esters is 1. The van der Waals surface area contributed by atoms with E-state index in [0.717, 1.165) is 0 Å². The zero-order chi connectivity index (χ0) is 20.9. The number of hydrogen-bond donors (Lipinski definition) is 1. The first-order chi connectivity index (χ1) is 13.8. The van der Waals surface area contributed by atoms with Gasteiger partial charge in [-0.15, -0.1) is 0 Å². The lowest BCUT2D eigenvalue weighted by Crippen LogP contribution is -2.30. The number of aromatic nitrogens is 3. The van der Waals surface area contributed by atoms with Gasteiger partial charge in [0.05, 0.1) is 4.90 Å². The summed E-state index contributed by atoms with van der Waals surface area (Å²) < 4.78 is 36.5. The zero-order valence-corrected chi connectivity index (χ0v) is 16.0. The summed E-state index contributed by atoms with van der Waals surface area (Å²) in [5.74, 6) is -0.660. The summed E-state index contributed by atoms with van der Waals surface area (Å²) in [4.78, 5) is 31.0. The maximum atomic E-state index is 12.2. The largest absolute Gasteiger partial charge is 0.455 e. The Morgan fingerprint density at radius 2 is 1.93 bits per heavy atom. The van der Waals surface area contributed by atoms with Crippen LogP contribution in [0.4, 0.5) is 0 Å². The van der Waals surface area contributed by atoms with Gasteiger partial charge in [-0.2, -0.15) is 9.71 Å². The Kier molecular flexibility index (Phi) is 6.10. The van der Waals surface area contributed by atoms with E-state index in [1.165, 1.54) is 31.2 Å². The normalized spacial score (nSPS) is 11.2. The second-order valence-electron chi connectivity index (χ2n) is 5.82. The quantitative estimate of drug-likeness (QED) is 0.425. The van der Waals surface area contributed by atoms with E-state index in [9.17, 15) is 18.0 Å². The fourth-order valence-electron chi connectivity index (χ4n) is 2.23. The lowest BCUT2D eigenvalue weighted by Gasteiger charge is -2.07. The van der Waals surface area contributed by atoms with Crippen molar-refractivity contribution >= 4 is 21.8 Å². The van der Waals surface area contributed by atoms with E-state index in [-0.39, 0.29) is 23.2 Å². The lowest BCUT2D eigenvalue weighted by atomic mass is 10.2. The standard InChI is InChI=1S/C18H16N4O6S/c1-12(23)13-4-6-15(7-5-13)29(25,26)20-10-17(24)27-11-16-21-18(22-28-16)14-3-2-8-19-9-14/h2-9,20H,10-11H2,1H3.